The van der Waals surface area contributed by atoms with Gasteiger partial charge in [-0.15, -0.1) is 0 Å². The van der Waals surface area contributed by atoms with Crippen LogP contribution in [0, 0.1) is 6.92 Å². The molecular formula is C27H26N4O2. The molecule has 1 unspecified atom stereocenters. The molecule has 0 aliphatic carbocycles. The topological polar surface area (TPSA) is 90.0 Å². The number of nitrogens with one attached hydrogen (secondary N) is 1. The van der Waals surface area contributed by atoms with Gasteiger partial charge in [-0.2, -0.15) is 0 Å². The van der Waals surface area contributed by atoms with Crippen LogP contribution < -0.4 is 16.6 Å². The molecule has 0 aliphatic heterocycles. The van der Waals surface area contributed by atoms with E-state index in [9.17, 15) is 9.59 Å². The van der Waals surface area contributed by atoms with Crippen LogP contribution in [0.4, 0.5) is 5.82 Å². The molecule has 0 saturated heterocycles. The van der Waals surface area contributed by atoms with Crippen molar-refractivity contribution in [2.24, 2.45) is 12.8 Å². The number of rotatable bonds is 6. The van der Waals surface area contributed by atoms with Gasteiger partial charge in [0.25, 0.3) is 0 Å². The number of benzene rings is 2. The quantitative estimate of drug-likeness (QED) is 0.478. The van der Waals surface area contributed by atoms with E-state index in [1.165, 1.54) is 6.07 Å². The molecule has 1 atom stereocenters. The number of carbonyl (C=O) groups excluding carboxylic acids is 1. The van der Waals surface area contributed by atoms with Gasteiger partial charge in [-0.1, -0.05) is 60.7 Å². The smallest absolute Gasteiger partial charge is 0.250 e. The maximum absolute atomic E-state index is 13.1. The summed E-state index contributed by atoms with van der Waals surface area (Å²) in [4.78, 5) is 29.3. The van der Waals surface area contributed by atoms with Gasteiger partial charge in [0, 0.05) is 42.0 Å². The molecule has 0 aliphatic rings. The third-order valence-corrected chi connectivity index (χ3v) is 5.92. The normalized spacial score (nSPS) is 11.9. The molecule has 2 aromatic heterocycles. The first kappa shape index (κ1) is 22.2. The Balaban J connectivity index is 1.56. The lowest BCUT2D eigenvalue weighted by Gasteiger charge is -2.24. The van der Waals surface area contributed by atoms with Gasteiger partial charge in [-0.3, -0.25) is 9.59 Å². The lowest BCUT2D eigenvalue weighted by atomic mass is 9.85. The summed E-state index contributed by atoms with van der Waals surface area (Å²) in [6.07, 6.45) is 1.68. The van der Waals surface area contributed by atoms with Crippen molar-refractivity contribution in [1.29, 1.82) is 0 Å². The zero-order valence-electron chi connectivity index (χ0n) is 18.6. The highest BCUT2D eigenvalue weighted by Gasteiger charge is 2.28. The molecule has 33 heavy (non-hydrogen) atoms. The highest BCUT2D eigenvalue weighted by molar-refractivity contribution is 5.95. The average molecular weight is 439 g/mol. The van der Waals surface area contributed by atoms with E-state index in [-0.39, 0.29) is 17.4 Å². The Morgan fingerprint density at radius 2 is 1.52 bits per heavy atom. The largest absolute Gasteiger partial charge is 0.319 e. The van der Waals surface area contributed by atoms with Gasteiger partial charge in [-0.05, 0) is 36.2 Å². The first-order valence-electron chi connectivity index (χ1n) is 10.7. The van der Waals surface area contributed by atoms with Crippen molar-refractivity contribution < 1.29 is 4.79 Å². The highest BCUT2D eigenvalue weighted by Crippen LogP contribution is 2.28. The summed E-state index contributed by atoms with van der Waals surface area (Å²) < 4.78 is 1.59. The molecule has 2 aromatic carbocycles. The Labute approximate surface area is 192 Å². The summed E-state index contributed by atoms with van der Waals surface area (Å²) in [5.74, 6) is -0.187. The molecule has 3 N–H and O–H groups in total. The van der Waals surface area contributed by atoms with Gasteiger partial charge in [0.05, 0.1) is 6.04 Å². The number of pyridine rings is 2. The number of amides is 1. The molecule has 1 amide bonds. The van der Waals surface area contributed by atoms with E-state index in [0.29, 0.717) is 5.82 Å². The summed E-state index contributed by atoms with van der Waals surface area (Å²) in [6, 6.07) is 25.7. The maximum atomic E-state index is 13.1. The second-order valence-corrected chi connectivity index (χ2v) is 7.98. The minimum atomic E-state index is -0.804. The van der Waals surface area contributed by atoms with Gasteiger partial charge >= 0.3 is 0 Å². The molecule has 6 heteroatoms. The van der Waals surface area contributed by atoms with Gasteiger partial charge in [0.2, 0.25) is 11.5 Å². The van der Waals surface area contributed by atoms with Crippen molar-refractivity contribution in [1.82, 2.24) is 9.55 Å². The number of anilines is 1. The van der Waals surface area contributed by atoms with Crippen LogP contribution in [0.15, 0.2) is 95.9 Å². The first-order chi connectivity index (χ1) is 16.0. The number of carbonyl (C=O) groups is 1. The first-order valence-corrected chi connectivity index (χ1v) is 10.7. The van der Waals surface area contributed by atoms with Crippen LogP contribution >= 0.6 is 0 Å². The van der Waals surface area contributed by atoms with Gasteiger partial charge in [0.1, 0.15) is 5.82 Å². The van der Waals surface area contributed by atoms with Gasteiger partial charge < -0.3 is 15.6 Å². The van der Waals surface area contributed by atoms with E-state index in [1.807, 2.05) is 73.7 Å². The third kappa shape index (κ3) is 4.76. The fourth-order valence-corrected chi connectivity index (χ4v) is 3.95. The fourth-order valence-electron chi connectivity index (χ4n) is 3.95. The summed E-state index contributed by atoms with van der Waals surface area (Å²) in [7, 11) is 1.74. The molecule has 2 heterocycles. The Kier molecular flexibility index (Phi) is 6.47. The van der Waals surface area contributed by atoms with Crippen molar-refractivity contribution in [2.45, 2.75) is 18.9 Å². The third-order valence-electron chi connectivity index (χ3n) is 5.92. The van der Waals surface area contributed by atoms with Crippen LogP contribution in [0.1, 0.15) is 22.7 Å². The minimum absolute atomic E-state index is 0.0616. The Morgan fingerprint density at radius 1 is 0.909 bits per heavy atom. The molecule has 0 spiro atoms. The number of hydrogen-bond donors (Lipinski definition) is 2. The van der Waals surface area contributed by atoms with Crippen LogP contribution in [-0.2, 0) is 11.8 Å². The molecular weight excluding hydrogens is 412 g/mol. The summed E-state index contributed by atoms with van der Waals surface area (Å²) in [5, 5.41) is 2.85. The predicted molar refractivity (Wildman–Crippen MR) is 131 cm³/mol. The monoisotopic (exact) mass is 438 g/mol. The van der Waals surface area contributed by atoms with Crippen molar-refractivity contribution >= 4 is 11.7 Å². The van der Waals surface area contributed by atoms with Crippen LogP contribution in [0.5, 0.6) is 0 Å². The molecule has 4 rings (SSSR count). The van der Waals surface area contributed by atoms with Crippen LogP contribution in [0.25, 0.3) is 11.1 Å². The average Bonchev–Trinajstić information content (AvgIpc) is 2.85. The summed E-state index contributed by atoms with van der Waals surface area (Å²) in [5.41, 5.74) is 11.0. The molecule has 6 nitrogen and oxygen atoms in total. The second kappa shape index (κ2) is 9.63. The minimum Gasteiger partial charge on any atom is -0.319 e. The van der Waals surface area contributed by atoms with E-state index in [0.717, 1.165) is 27.9 Å². The Hall–Kier alpha value is -4.03. The summed E-state index contributed by atoms with van der Waals surface area (Å²) >= 11 is 0. The SMILES string of the molecule is Cc1c(-c2ccc(NC(=O)C(N)C(c3ccccc3)c3ccccc3)nc2)ccc(=O)n1C. The van der Waals surface area contributed by atoms with Crippen molar-refractivity contribution in [3.63, 3.8) is 0 Å². The van der Waals surface area contributed by atoms with Gasteiger partial charge in [-0.25, -0.2) is 4.98 Å². The van der Waals surface area contributed by atoms with E-state index >= 15 is 0 Å². The lowest BCUT2D eigenvalue weighted by molar-refractivity contribution is -0.117. The molecule has 166 valence electrons. The maximum Gasteiger partial charge on any atom is 0.250 e. The van der Waals surface area contributed by atoms with Crippen molar-refractivity contribution in [3.05, 3.63) is 118 Å². The molecule has 4 aromatic rings. The Bertz CT molecular complexity index is 1260. The number of nitrogens with two attached hydrogens (primary N) is 1. The zero-order valence-corrected chi connectivity index (χ0v) is 18.6. The predicted octanol–water partition coefficient (Wildman–Crippen LogP) is 3.85. The number of nitrogens with zero attached hydrogens (tertiary/aromatic N) is 2. The number of hydrogen-bond acceptors (Lipinski definition) is 4. The van der Waals surface area contributed by atoms with Crippen molar-refractivity contribution in [2.75, 3.05) is 5.32 Å². The number of aromatic nitrogens is 2. The molecule has 0 radical (unpaired) electrons. The molecule has 0 bridgehead atoms. The van der Waals surface area contributed by atoms with E-state index < -0.39 is 6.04 Å². The molecule has 0 fully saturated rings. The van der Waals surface area contributed by atoms with E-state index in [4.69, 9.17) is 5.73 Å². The highest BCUT2D eigenvalue weighted by atomic mass is 16.2. The zero-order chi connectivity index (χ0) is 23.4. The lowest BCUT2D eigenvalue weighted by Crippen LogP contribution is -2.41. The standard InChI is InChI=1S/C27H26N4O2/c1-18-22(14-16-24(32)31(18)2)21-13-15-23(29-17-21)30-27(33)26(28)25(19-9-5-3-6-10-19)20-11-7-4-8-12-20/h3-17,25-26H,28H2,1-2H3,(H,29,30,33). The second-order valence-electron chi connectivity index (χ2n) is 7.98. The molecule has 0 saturated carbocycles. The summed E-state index contributed by atoms with van der Waals surface area (Å²) in [6.45, 7) is 1.89. The van der Waals surface area contributed by atoms with Gasteiger partial charge in [0.15, 0.2) is 0 Å². The van der Waals surface area contributed by atoms with E-state index in [1.54, 1.807) is 29.9 Å². The van der Waals surface area contributed by atoms with Crippen LogP contribution in [0.2, 0.25) is 0 Å². The van der Waals surface area contributed by atoms with Crippen LogP contribution in [0.3, 0.4) is 0 Å². The van der Waals surface area contributed by atoms with Crippen molar-refractivity contribution in [3.8, 4) is 11.1 Å². The van der Waals surface area contributed by atoms with Crippen LogP contribution in [-0.4, -0.2) is 21.5 Å². The Morgan fingerprint density at radius 3 is 2.06 bits per heavy atom. The van der Waals surface area contributed by atoms with E-state index in [2.05, 4.69) is 10.3 Å². The fraction of sp³-hybridized carbons (Fsp3) is 0.148.